The smallest absolute Gasteiger partial charge is 0.264 e. The minimum atomic E-state index is -0.253. The van der Waals surface area contributed by atoms with Gasteiger partial charge in [-0.2, -0.15) is 11.3 Å². The van der Waals surface area contributed by atoms with E-state index in [2.05, 4.69) is 491 Å². The van der Waals surface area contributed by atoms with Gasteiger partial charge in [0.05, 0.1) is 22.1 Å². The zero-order chi connectivity index (χ0) is 104. The highest BCUT2D eigenvalue weighted by Crippen LogP contribution is 2.64. The summed E-state index contributed by atoms with van der Waals surface area (Å²) in [5, 5.41) is 1.41. The molecule has 14 aromatic rings. The summed E-state index contributed by atoms with van der Waals surface area (Å²) in [6.45, 7) is 75.7. The summed E-state index contributed by atoms with van der Waals surface area (Å²) in [7, 11) is 0. The second-order valence-corrected chi connectivity index (χ2v) is 58.4. The van der Waals surface area contributed by atoms with Crippen molar-refractivity contribution in [2.24, 2.45) is 0 Å². The fourth-order valence-electron chi connectivity index (χ4n) is 29.3. The third-order valence-electron chi connectivity index (χ3n) is 39.5. The number of fused-ring (bicyclic) bond motifs is 16. The molecule has 147 heavy (non-hydrogen) atoms. The van der Waals surface area contributed by atoms with E-state index in [1.165, 1.54) is 218 Å². The summed E-state index contributed by atoms with van der Waals surface area (Å²) < 4.78 is 1.48. The molecule has 1 unspecified atom stereocenters. The third kappa shape index (κ3) is 15.3. The molecule has 5 nitrogen and oxygen atoms in total. The SMILES string of the molecule is Cc1cc(-c2ccccc2)cc(C)c1N1c2cc3c(cc2B2c4sc5c(c4N(c4ccc(-c6ccccc6)cc4)c4cc(N(c6ccc7c(c6)C(C)(C)CCC7(C)C)c6ccc7c(c6)C(C)(CCC(C)(C)c6ccc8c(c6)B6c9c(cccc9N(c9ccc%10c(c9)C(C)(C)CCC%10(C)C)c9sc%10c(c96)C(C)(C)CCC%10(C)C)N8c6ccc(C(C)(C)C)cc6)CCC7(C)C)cc1c42)C(C)(C)CCC5(C)C)C(C)(C)CCC3(C)C. The molecule has 752 valence electrons. The van der Waals surface area contributed by atoms with Crippen molar-refractivity contribution in [2.45, 2.75) is 373 Å². The number of anilines is 15. The highest BCUT2D eigenvalue weighted by molar-refractivity contribution is 7.29. The Kier molecular flexibility index (Phi) is 21.9. The van der Waals surface area contributed by atoms with Crippen LogP contribution in [0, 0.1) is 13.8 Å². The normalized spacial score (nSPS) is 20.7. The molecular formula is C138H157B2N5S2. The van der Waals surface area contributed by atoms with Gasteiger partial charge in [-0.1, -0.05) is 321 Å². The second-order valence-electron chi connectivity index (χ2n) is 56.3. The average molecular weight is 1970 g/mol. The second kappa shape index (κ2) is 32.8. The molecule has 24 rings (SSSR count). The van der Waals surface area contributed by atoms with Crippen LogP contribution in [0.3, 0.4) is 0 Å². The Hall–Kier alpha value is -10.8. The van der Waals surface area contributed by atoms with Crippen LogP contribution >= 0.6 is 22.7 Å². The summed E-state index contributed by atoms with van der Waals surface area (Å²) in [6.07, 6.45) is 15.6. The van der Waals surface area contributed by atoms with Gasteiger partial charge in [0.25, 0.3) is 13.4 Å². The highest BCUT2D eigenvalue weighted by Gasteiger charge is 2.57. The number of benzene rings is 12. The van der Waals surface area contributed by atoms with Crippen molar-refractivity contribution in [2.75, 3.05) is 24.5 Å². The minimum absolute atomic E-state index is 0.000704. The van der Waals surface area contributed by atoms with Gasteiger partial charge < -0.3 is 24.5 Å². The fourth-order valence-corrected chi connectivity index (χ4v) is 32.8. The Labute approximate surface area is 890 Å². The van der Waals surface area contributed by atoms with Crippen LogP contribution in [0.2, 0.25) is 0 Å². The molecule has 0 saturated heterocycles. The van der Waals surface area contributed by atoms with E-state index >= 15 is 0 Å². The van der Waals surface area contributed by atoms with Crippen LogP contribution in [0.5, 0.6) is 0 Å². The van der Waals surface area contributed by atoms with Crippen LogP contribution < -0.4 is 56.6 Å². The standard InChI is InChI=1S/C138H157B2N5S2/c1-84-74-89(87-40-35-32-36-41-87)75-85(2)119(84)145-111-83-104-103(132(18,19)64-65-133(104,20)21)82-107(111)140-117-112(143(93-49-44-88(45-50-93)86-38-33-31-34-39-86)120-115-122(146-123(120)140)137(28,29)69-67-135(115,24)25)80-97(81-113(117)145)141(94-53-56-98-101(77-94)130(14,15)62-60-127(98,8)9)95-54-58-100-105(79-95)138(30,73-71-129(100,12)13)72-70-126(6,7)91-48-59-108-106(76-91)139-116-109(142(108)92-51-46-90(47-52-92)125(3,4)5)42-37-43-110(116)144(96-55-57-99-102(78-96)131(16,17)63-61-128(99,10)11)124-118(139)114-121(147-124)136(26,27)68-66-134(114,22)23/h31-59,74-83H,60-73H2,1-30H3. The number of thiophene rings is 2. The van der Waals surface area contributed by atoms with Gasteiger partial charge in [-0.15, -0.1) is 11.3 Å². The lowest BCUT2D eigenvalue weighted by molar-refractivity contribution is 0.272. The van der Waals surface area contributed by atoms with E-state index in [1.54, 1.807) is 15.3 Å². The van der Waals surface area contributed by atoms with Gasteiger partial charge in [0.1, 0.15) is 0 Å². The molecule has 10 aliphatic rings. The lowest BCUT2D eigenvalue weighted by Gasteiger charge is -2.48. The van der Waals surface area contributed by atoms with Crippen molar-refractivity contribution in [3.63, 3.8) is 0 Å². The molecule has 0 spiro atoms. The molecule has 12 aromatic carbocycles. The van der Waals surface area contributed by atoms with Crippen molar-refractivity contribution in [3.05, 3.63) is 324 Å². The maximum absolute atomic E-state index is 2.84. The summed E-state index contributed by atoms with van der Waals surface area (Å²) in [6, 6.07) is 96.5. The zero-order valence-corrected chi connectivity index (χ0v) is 95.8. The van der Waals surface area contributed by atoms with E-state index in [1.807, 2.05) is 0 Å². The van der Waals surface area contributed by atoms with Crippen molar-refractivity contribution < 1.29 is 0 Å². The van der Waals surface area contributed by atoms with Crippen LogP contribution in [-0.2, 0) is 75.8 Å². The molecule has 9 heteroatoms. The van der Waals surface area contributed by atoms with Crippen molar-refractivity contribution >= 4 is 153 Å². The molecule has 6 aliphatic carbocycles. The Morgan fingerprint density at radius 2 is 0.714 bits per heavy atom. The Morgan fingerprint density at radius 3 is 1.29 bits per heavy atom. The molecule has 0 fully saturated rings. The number of hydrogen-bond acceptors (Lipinski definition) is 7. The third-order valence-corrected chi connectivity index (χ3v) is 42.7. The van der Waals surface area contributed by atoms with E-state index in [0.29, 0.717) is 0 Å². The molecule has 0 bridgehead atoms. The van der Waals surface area contributed by atoms with Gasteiger partial charge in [-0.3, -0.25) is 0 Å². The maximum atomic E-state index is 2.84. The number of nitrogens with zero attached hydrogens (tertiary/aromatic N) is 5. The minimum Gasteiger partial charge on any atom is -0.311 e. The first-order valence-electron chi connectivity index (χ1n) is 56.0. The lowest BCUT2D eigenvalue weighted by atomic mass is 9.32. The molecule has 0 amide bonds. The van der Waals surface area contributed by atoms with Crippen LogP contribution in [0.25, 0.3) is 22.3 Å². The first-order chi connectivity index (χ1) is 69.1. The zero-order valence-electron chi connectivity index (χ0n) is 94.1. The van der Waals surface area contributed by atoms with Crippen molar-refractivity contribution in [1.29, 1.82) is 0 Å². The van der Waals surface area contributed by atoms with E-state index in [4.69, 9.17) is 0 Å². The predicted molar refractivity (Wildman–Crippen MR) is 639 cm³/mol. The van der Waals surface area contributed by atoms with E-state index in [9.17, 15) is 0 Å². The van der Waals surface area contributed by atoms with Gasteiger partial charge in [0, 0.05) is 77.1 Å². The number of hydrogen-bond donors (Lipinski definition) is 0. The van der Waals surface area contributed by atoms with Crippen LogP contribution in [0.15, 0.2) is 237 Å². The predicted octanol–water partition coefficient (Wildman–Crippen LogP) is 35.5. The Morgan fingerprint density at radius 1 is 0.286 bits per heavy atom. The summed E-state index contributed by atoms with van der Waals surface area (Å²) in [4.78, 5) is 17.0. The number of rotatable bonds is 13. The largest absolute Gasteiger partial charge is 0.311 e. The van der Waals surface area contributed by atoms with Crippen LogP contribution in [0.4, 0.5) is 84.6 Å². The van der Waals surface area contributed by atoms with Gasteiger partial charge in [-0.05, 0) is 416 Å². The van der Waals surface area contributed by atoms with Gasteiger partial charge >= 0.3 is 0 Å². The lowest BCUT2D eigenvalue weighted by Crippen LogP contribution is -2.62. The molecule has 1 atom stereocenters. The summed E-state index contributed by atoms with van der Waals surface area (Å²) in [5.74, 6) is 0. The van der Waals surface area contributed by atoms with E-state index in [0.717, 1.165) is 82.7 Å². The highest BCUT2D eigenvalue weighted by atomic mass is 32.1. The van der Waals surface area contributed by atoms with E-state index in [-0.39, 0.29) is 89.2 Å². The quantitative estimate of drug-likeness (QED) is 0.107. The van der Waals surface area contributed by atoms with Gasteiger partial charge in [0.15, 0.2) is 0 Å². The molecule has 2 aromatic heterocycles. The molecule has 0 saturated carbocycles. The molecule has 4 aliphatic heterocycles. The Bertz CT molecular complexity index is 7760. The fraction of sp³-hybridized carbons (Fsp3) is 0.420. The van der Waals surface area contributed by atoms with Crippen molar-refractivity contribution in [3.8, 4) is 22.3 Å². The molecule has 0 N–H and O–H groups in total. The van der Waals surface area contributed by atoms with Gasteiger partial charge in [0.2, 0.25) is 0 Å². The maximum Gasteiger partial charge on any atom is 0.264 e. The topological polar surface area (TPSA) is 16.2 Å². The summed E-state index contributed by atoms with van der Waals surface area (Å²) >= 11 is 4.28. The first kappa shape index (κ1) is 98.2. The first-order valence-corrected chi connectivity index (χ1v) is 57.6. The molecular weight excluding hydrogens is 1810 g/mol. The van der Waals surface area contributed by atoms with Gasteiger partial charge in [-0.25, -0.2) is 0 Å². The molecule has 0 radical (unpaired) electrons. The summed E-state index contributed by atoms with van der Waals surface area (Å²) in [5.41, 5.74) is 49.2. The average Bonchev–Trinajstić information content (AvgIpc) is 1.58. The number of aryl methyl sites for hydroxylation is 2. The van der Waals surface area contributed by atoms with Crippen molar-refractivity contribution in [1.82, 2.24) is 0 Å². The Balaban J connectivity index is 0.714. The van der Waals surface area contributed by atoms with Crippen LogP contribution in [0.1, 0.15) is 371 Å². The van der Waals surface area contributed by atoms with Crippen LogP contribution in [-0.4, -0.2) is 13.4 Å². The van der Waals surface area contributed by atoms with E-state index < -0.39 is 0 Å². The monoisotopic (exact) mass is 1970 g/mol. The molecule has 6 heterocycles.